The van der Waals surface area contributed by atoms with Gasteiger partial charge in [0.1, 0.15) is 18.2 Å². The third-order valence-electron chi connectivity index (χ3n) is 4.75. The molecule has 9 heteroatoms. The Kier molecular flexibility index (Phi) is 6.20. The number of Topliss-reactive ketones (excluding diaryl/α,β-unsaturated/α-hetero) is 1. The smallest absolute Gasteiger partial charge is 0.322 e. The van der Waals surface area contributed by atoms with Gasteiger partial charge in [-0.1, -0.05) is 24.3 Å². The molecule has 0 saturated carbocycles. The van der Waals surface area contributed by atoms with Gasteiger partial charge in [0.25, 0.3) is 0 Å². The molecule has 0 aliphatic carbocycles. The molecule has 3 rings (SSSR count). The number of hydrogen-bond donors (Lipinski definition) is 2. The van der Waals surface area contributed by atoms with Crippen LogP contribution in [0.2, 0.25) is 0 Å². The van der Waals surface area contributed by atoms with Crippen LogP contribution in [0.1, 0.15) is 12.0 Å². The fourth-order valence-corrected chi connectivity index (χ4v) is 3.24. The molecule has 1 saturated heterocycles. The van der Waals surface area contributed by atoms with Gasteiger partial charge in [-0.15, -0.1) is 0 Å². The summed E-state index contributed by atoms with van der Waals surface area (Å²) < 4.78 is 27.6. The van der Waals surface area contributed by atoms with Crippen molar-refractivity contribution in [3.8, 4) is 11.1 Å². The Morgan fingerprint density at radius 2 is 1.80 bits per heavy atom. The Morgan fingerprint density at radius 3 is 2.43 bits per heavy atom. The van der Waals surface area contributed by atoms with Crippen LogP contribution in [0.15, 0.2) is 42.5 Å². The van der Waals surface area contributed by atoms with Crippen molar-refractivity contribution in [3.63, 3.8) is 0 Å². The first kappa shape index (κ1) is 21.1. The lowest BCUT2D eigenvalue weighted by molar-refractivity contribution is -0.152. The van der Waals surface area contributed by atoms with Gasteiger partial charge in [0, 0.05) is 25.1 Å². The SMILES string of the molecule is O=C(O)CNC(=O)C1C(=O)CCN(Cc2ccc(-c3ccc(F)cc3)c(F)c2)C1=O. The van der Waals surface area contributed by atoms with E-state index in [2.05, 4.69) is 0 Å². The highest BCUT2D eigenvalue weighted by Gasteiger charge is 2.40. The number of aliphatic carboxylic acids is 1. The predicted molar refractivity (Wildman–Crippen MR) is 101 cm³/mol. The molecule has 0 spiro atoms. The third-order valence-corrected chi connectivity index (χ3v) is 4.75. The minimum absolute atomic E-state index is 0.0184. The first-order chi connectivity index (χ1) is 14.3. The average molecular weight is 416 g/mol. The topological polar surface area (TPSA) is 104 Å². The molecule has 1 unspecified atom stereocenters. The lowest BCUT2D eigenvalue weighted by Crippen LogP contribution is -2.52. The van der Waals surface area contributed by atoms with E-state index in [4.69, 9.17) is 5.11 Å². The van der Waals surface area contributed by atoms with E-state index < -0.39 is 47.7 Å². The number of amides is 2. The fraction of sp³-hybridized carbons (Fsp3) is 0.238. The van der Waals surface area contributed by atoms with E-state index in [-0.39, 0.29) is 25.1 Å². The van der Waals surface area contributed by atoms with E-state index in [0.717, 1.165) is 0 Å². The highest BCUT2D eigenvalue weighted by atomic mass is 19.1. The zero-order valence-electron chi connectivity index (χ0n) is 15.7. The van der Waals surface area contributed by atoms with Crippen LogP contribution in [0.25, 0.3) is 11.1 Å². The highest BCUT2D eigenvalue weighted by Crippen LogP contribution is 2.25. The summed E-state index contributed by atoms with van der Waals surface area (Å²) in [5, 5.41) is 10.7. The number of hydrogen-bond acceptors (Lipinski definition) is 4. The third kappa shape index (κ3) is 4.68. The van der Waals surface area contributed by atoms with Gasteiger partial charge in [0.2, 0.25) is 11.8 Å². The van der Waals surface area contributed by atoms with Crippen molar-refractivity contribution in [3.05, 3.63) is 59.7 Å². The van der Waals surface area contributed by atoms with Crippen LogP contribution in [0.3, 0.4) is 0 Å². The first-order valence-electron chi connectivity index (χ1n) is 9.11. The van der Waals surface area contributed by atoms with Gasteiger partial charge in [-0.05, 0) is 29.3 Å². The van der Waals surface area contributed by atoms with Gasteiger partial charge in [-0.2, -0.15) is 0 Å². The Balaban J connectivity index is 1.73. The average Bonchev–Trinajstić information content (AvgIpc) is 2.70. The largest absolute Gasteiger partial charge is 0.480 e. The summed E-state index contributed by atoms with van der Waals surface area (Å²) in [6.45, 7) is -0.650. The minimum Gasteiger partial charge on any atom is -0.480 e. The van der Waals surface area contributed by atoms with E-state index in [1.54, 1.807) is 6.07 Å². The van der Waals surface area contributed by atoms with Crippen LogP contribution in [0.5, 0.6) is 0 Å². The molecule has 2 aromatic carbocycles. The molecule has 2 amide bonds. The maximum absolute atomic E-state index is 14.6. The molecule has 0 radical (unpaired) electrons. The molecule has 1 heterocycles. The molecular weight excluding hydrogens is 398 g/mol. The van der Waals surface area contributed by atoms with Gasteiger partial charge < -0.3 is 15.3 Å². The Bertz CT molecular complexity index is 1010. The Morgan fingerprint density at radius 1 is 1.10 bits per heavy atom. The number of ketones is 1. The van der Waals surface area contributed by atoms with Crippen LogP contribution in [-0.2, 0) is 25.7 Å². The van der Waals surface area contributed by atoms with Crippen LogP contribution in [0, 0.1) is 17.6 Å². The van der Waals surface area contributed by atoms with Crippen molar-refractivity contribution in [1.82, 2.24) is 10.2 Å². The summed E-state index contributed by atoms with van der Waals surface area (Å²) in [5.74, 6) is -6.20. The molecule has 1 aliphatic rings. The number of carbonyl (C=O) groups is 4. The quantitative estimate of drug-likeness (QED) is 0.699. The van der Waals surface area contributed by atoms with Crippen molar-refractivity contribution in [2.45, 2.75) is 13.0 Å². The number of nitrogens with one attached hydrogen (secondary N) is 1. The van der Waals surface area contributed by atoms with E-state index in [1.165, 1.54) is 41.3 Å². The number of halogens is 2. The van der Waals surface area contributed by atoms with Gasteiger partial charge in [-0.3, -0.25) is 19.2 Å². The number of carboxylic acid groups (broad SMARTS) is 1. The van der Waals surface area contributed by atoms with Crippen LogP contribution in [-0.4, -0.2) is 46.7 Å². The molecule has 0 aromatic heterocycles. The lowest BCUT2D eigenvalue weighted by Gasteiger charge is -2.30. The first-order valence-corrected chi connectivity index (χ1v) is 9.11. The summed E-state index contributed by atoms with van der Waals surface area (Å²) in [5.41, 5.74) is 1.21. The normalized spacial score (nSPS) is 16.5. The van der Waals surface area contributed by atoms with E-state index in [1.807, 2.05) is 5.32 Å². The van der Waals surface area contributed by atoms with E-state index >= 15 is 0 Å². The second kappa shape index (κ2) is 8.81. The lowest BCUT2D eigenvalue weighted by atomic mass is 9.94. The molecule has 30 heavy (non-hydrogen) atoms. The van der Waals surface area contributed by atoms with Crippen molar-refractivity contribution in [1.29, 1.82) is 0 Å². The monoisotopic (exact) mass is 416 g/mol. The molecule has 156 valence electrons. The number of nitrogens with zero attached hydrogens (tertiary/aromatic N) is 1. The molecule has 0 bridgehead atoms. The van der Waals surface area contributed by atoms with Gasteiger partial charge in [0.15, 0.2) is 11.7 Å². The van der Waals surface area contributed by atoms with E-state index in [9.17, 15) is 28.0 Å². The predicted octanol–water partition coefficient (Wildman–Crippen LogP) is 1.75. The zero-order valence-corrected chi connectivity index (χ0v) is 15.7. The van der Waals surface area contributed by atoms with Gasteiger partial charge >= 0.3 is 5.97 Å². The molecular formula is C21H18F2N2O5. The maximum atomic E-state index is 14.6. The molecule has 2 aromatic rings. The summed E-state index contributed by atoms with van der Waals surface area (Å²) in [6.07, 6.45) is -0.0625. The standard InChI is InChI=1S/C21H18F2N2O5/c22-14-4-2-13(3-5-14)15-6-1-12(9-16(15)23)11-25-8-7-17(26)19(21(25)30)20(29)24-10-18(27)28/h1-6,9,19H,7-8,10-11H2,(H,24,29)(H,27,28). The van der Waals surface area contributed by atoms with Crippen LogP contribution in [0.4, 0.5) is 8.78 Å². The van der Waals surface area contributed by atoms with Crippen molar-refractivity contribution < 1.29 is 33.1 Å². The summed E-state index contributed by atoms with van der Waals surface area (Å²) in [6, 6.07) is 9.70. The second-order valence-electron chi connectivity index (χ2n) is 6.84. The number of carboxylic acids is 1. The van der Waals surface area contributed by atoms with Crippen LogP contribution < -0.4 is 5.32 Å². The molecule has 1 atom stereocenters. The summed E-state index contributed by atoms with van der Waals surface area (Å²) >= 11 is 0. The zero-order chi connectivity index (χ0) is 21.8. The number of carbonyl (C=O) groups excluding carboxylic acids is 3. The maximum Gasteiger partial charge on any atom is 0.322 e. The summed E-state index contributed by atoms with van der Waals surface area (Å²) in [7, 11) is 0. The van der Waals surface area contributed by atoms with Gasteiger partial charge in [0.05, 0.1) is 0 Å². The number of rotatable bonds is 6. The highest BCUT2D eigenvalue weighted by molar-refractivity contribution is 6.19. The number of benzene rings is 2. The van der Waals surface area contributed by atoms with Gasteiger partial charge in [-0.25, -0.2) is 8.78 Å². The Hall–Kier alpha value is -3.62. The second-order valence-corrected chi connectivity index (χ2v) is 6.84. The summed E-state index contributed by atoms with van der Waals surface area (Å²) in [4.78, 5) is 48.5. The fourth-order valence-electron chi connectivity index (χ4n) is 3.24. The molecule has 7 nitrogen and oxygen atoms in total. The van der Waals surface area contributed by atoms with Crippen LogP contribution >= 0.6 is 0 Å². The number of likely N-dealkylation sites (tertiary alicyclic amines) is 1. The molecule has 1 aliphatic heterocycles. The Labute approximate surface area is 170 Å². The molecule has 2 N–H and O–H groups in total. The number of piperidine rings is 1. The van der Waals surface area contributed by atoms with E-state index in [0.29, 0.717) is 11.1 Å². The van der Waals surface area contributed by atoms with Crippen molar-refractivity contribution in [2.24, 2.45) is 5.92 Å². The van der Waals surface area contributed by atoms with Crippen molar-refractivity contribution in [2.75, 3.05) is 13.1 Å². The minimum atomic E-state index is -1.61. The van der Waals surface area contributed by atoms with Crippen molar-refractivity contribution >= 4 is 23.6 Å². The molecule has 1 fully saturated rings.